The van der Waals surface area contributed by atoms with Crippen LogP contribution in [0.25, 0.3) is 11.0 Å². The molecule has 1 aromatic carbocycles. The molecule has 0 saturated heterocycles. The summed E-state index contributed by atoms with van der Waals surface area (Å²) in [4.78, 5) is 9.24. The molecule has 22 heavy (non-hydrogen) atoms. The molecular weight excluding hydrogens is 404 g/mol. The van der Waals surface area contributed by atoms with E-state index in [2.05, 4.69) is 43.8 Å². The van der Waals surface area contributed by atoms with E-state index in [1.54, 1.807) is 0 Å². The standard InChI is InChI=1S/C18H24Br2N2/c1-2-3-4-5-6-7-8-9-10-14-13-21-17-11-15(19)16(20)12-18(17)22-14/h11-13H,2-10H2,1H3. The maximum absolute atomic E-state index is 4.72. The summed E-state index contributed by atoms with van der Waals surface area (Å²) in [5.41, 5.74) is 3.01. The minimum absolute atomic E-state index is 0.940. The highest BCUT2D eigenvalue weighted by Crippen LogP contribution is 2.27. The van der Waals surface area contributed by atoms with Gasteiger partial charge in [-0.25, -0.2) is 4.98 Å². The van der Waals surface area contributed by atoms with Crippen LogP contribution in [0.3, 0.4) is 0 Å². The maximum atomic E-state index is 4.72. The van der Waals surface area contributed by atoms with Gasteiger partial charge in [-0.2, -0.15) is 0 Å². The molecule has 0 spiro atoms. The van der Waals surface area contributed by atoms with E-state index in [-0.39, 0.29) is 0 Å². The molecule has 0 bridgehead atoms. The SMILES string of the molecule is CCCCCCCCCCc1cnc2cc(Br)c(Br)cc2n1. The number of fused-ring (bicyclic) bond motifs is 1. The molecule has 0 aliphatic heterocycles. The summed E-state index contributed by atoms with van der Waals surface area (Å²) in [6, 6.07) is 4.04. The van der Waals surface area contributed by atoms with E-state index in [0.29, 0.717) is 0 Å². The van der Waals surface area contributed by atoms with Crippen LogP contribution >= 0.6 is 31.9 Å². The van der Waals surface area contributed by atoms with Gasteiger partial charge in [-0.3, -0.25) is 4.98 Å². The average molecular weight is 428 g/mol. The zero-order valence-electron chi connectivity index (χ0n) is 13.2. The molecule has 0 unspecified atom stereocenters. The lowest BCUT2D eigenvalue weighted by Crippen LogP contribution is -1.94. The van der Waals surface area contributed by atoms with E-state index in [1.165, 1.54) is 51.4 Å². The Kier molecular flexibility index (Phi) is 7.81. The number of hydrogen-bond donors (Lipinski definition) is 0. The molecule has 0 saturated carbocycles. The van der Waals surface area contributed by atoms with Gasteiger partial charge in [-0.05, 0) is 56.8 Å². The minimum Gasteiger partial charge on any atom is -0.253 e. The van der Waals surface area contributed by atoms with Gasteiger partial charge < -0.3 is 0 Å². The third-order valence-electron chi connectivity index (χ3n) is 3.92. The number of aryl methyl sites for hydroxylation is 1. The van der Waals surface area contributed by atoms with Crippen LogP contribution in [0, 0.1) is 0 Å². The van der Waals surface area contributed by atoms with Crippen LogP contribution in [0.5, 0.6) is 0 Å². The van der Waals surface area contributed by atoms with Crippen LogP contribution in [0.1, 0.15) is 64.0 Å². The van der Waals surface area contributed by atoms with Crippen molar-refractivity contribution in [2.24, 2.45) is 0 Å². The molecule has 2 aromatic rings. The van der Waals surface area contributed by atoms with Gasteiger partial charge in [0.15, 0.2) is 0 Å². The number of halogens is 2. The molecule has 1 heterocycles. The first-order valence-electron chi connectivity index (χ1n) is 8.31. The summed E-state index contributed by atoms with van der Waals surface area (Å²) in [6.07, 6.45) is 13.7. The molecule has 0 aliphatic carbocycles. The first kappa shape index (κ1) is 17.9. The predicted octanol–water partition coefficient (Wildman–Crippen LogP) is 6.84. The van der Waals surface area contributed by atoms with Crippen molar-refractivity contribution in [3.8, 4) is 0 Å². The Labute approximate surface area is 150 Å². The van der Waals surface area contributed by atoms with Gasteiger partial charge in [0, 0.05) is 15.1 Å². The van der Waals surface area contributed by atoms with Crippen molar-refractivity contribution in [3.05, 3.63) is 33.0 Å². The summed E-state index contributed by atoms with van der Waals surface area (Å²) in [6.45, 7) is 2.27. The summed E-state index contributed by atoms with van der Waals surface area (Å²) in [5.74, 6) is 0. The van der Waals surface area contributed by atoms with Crippen LogP contribution in [-0.4, -0.2) is 9.97 Å². The van der Waals surface area contributed by atoms with Crippen LogP contribution in [0.15, 0.2) is 27.3 Å². The minimum atomic E-state index is 0.940. The van der Waals surface area contributed by atoms with Crippen molar-refractivity contribution < 1.29 is 0 Å². The number of nitrogens with zero attached hydrogens (tertiary/aromatic N) is 2. The van der Waals surface area contributed by atoms with Crippen molar-refractivity contribution in [2.75, 3.05) is 0 Å². The smallest absolute Gasteiger partial charge is 0.0902 e. The second-order valence-corrected chi connectivity index (χ2v) is 7.55. The van der Waals surface area contributed by atoms with Crippen molar-refractivity contribution in [1.29, 1.82) is 0 Å². The zero-order valence-corrected chi connectivity index (χ0v) is 16.4. The molecule has 4 heteroatoms. The van der Waals surface area contributed by atoms with Crippen LogP contribution in [0.4, 0.5) is 0 Å². The molecular formula is C18H24Br2N2. The fourth-order valence-electron chi connectivity index (χ4n) is 2.61. The molecule has 0 atom stereocenters. The summed E-state index contributed by atoms with van der Waals surface area (Å²) in [7, 11) is 0. The molecule has 2 nitrogen and oxygen atoms in total. The van der Waals surface area contributed by atoms with Crippen molar-refractivity contribution in [3.63, 3.8) is 0 Å². The lowest BCUT2D eigenvalue weighted by molar-refractivity contribution is 0.574. The Balaban J connectivity index is 1.76. The van der Waals surface area contributed by atoms with Crippen molar-refractivity contribution >= 4 is 42.9 Å². The number of aromatic nitrogens is 2. The highest BCUT2D eigenvalue weighted by atomic mass is 79.9. The van der Waals surface area contributed by atoms with Crippen molar-refractivity contribution in [1.82, 2.24) is 9.97 Å². The van der Waals surface area contributed by atoms with E-state index in [9.17, 15) is 0 Å². The van der Waals surface area contributed by atoms with Crippen molar-refractivity contribution in [2.45, 2.75) is 64.7 Å². The van der Waals surface area contributed by atoms with Gasteiger partial charge >= 0.3 is 0 Å². The predicted molar refractivity (Wildman–Crippen MR) is 101 cm³/mol. The van der Waals surface area contributed by atoms with Crippen LogP contribution in [-0.2, 0) is 6.42 Å². The van der Waals surface area contributed by atoms with Gasteiger partial charge in [0.25, 0.3) is 0 Å². The molecule has 1 aromatic heterocycles. The molecule has 120 valence electrons. The molecule has 0 aliphatic rings. The van der Waals surface area contributed by atoms with E-state index < -0.39 is 0 Å². The number of hydrogen-bond acceptors (Lipinski definition) is 2. The number of benzene rings is 1. The Morgan fingerprint density at radius 3 is 2.09 bits per heavy atom. The third kappa shape index (κ3) is 5.62. The Morgan fingerprint density at radius 2 is 1.41 bits per heavy atom. The Bertz CT molecular complexity index is 599. The first-order valence-corrected chi connectivity index (χ1v) is 9.90. The van der Waals surface area contributed by atoms with Gasteiger partial charge in [0.1, 0.15) is 0 Å². The van der Waals surface area contributed by atoms with Gasteiger partial charge in [0.2, 0.25) is 0 Å². The largest absolute Gasteiger partial charge is 0.253 e. The molecule has 0 N–H and O–H groups in total. The average Bonchev–Trinajstić information content (AvgIpc) is 2.51. The lowest BCUT2D eigenvalue weighted by Gasteiger charge is -2.05. The van der Waals surface area contributed by atoms with E-state index in [4.69, 9.17) is 4.98 Å². The summed E-state index contributed by atoms with van der Waals surface area (Å²) >= 11 is 7.03. The van der Waals surface area contributed by atoms with E-state index >= 15 is 0 Å². The van der Waals surface area contributed by atoms with E-state index in [1.807, 2.05) is 18.3 Å². The third-order valence-corrected chi connectivity index (χ3v) is 5.76. The topological polar surface area (TPSA) is 25.8 Å². The second kappa shape index (κ2) is 9.61. The fraction of sp³-hybridized carbons (Fsp3) is 0.556. The van der Waals surface area contributed by atoms with Gasteiger partial charge in [-0.15, -0.1) is 0 Å². The molecule has 2 rings (SSSR count). The van der Waals surface area contributed by atoms with Gasteiger partial charge in [0.05, 0.1) is 16.7 Å². The fourth-order valence-corrected chi connectivity index (χ4v) is 3.27. The quantitative estimate of drug-likeness (QED) is 0.409. The molecule has 0 fully saturated rings. The molecule has 0 amide bonds. The zero-order chi connectivity index (χ0) is 15.8. The number of unbranched alkanes of at least 4 members (excludes halogenated alkanes) is 7. The molecule has 0 radical (unpaired) electrons. The number of rotatable bonds is 9. The summed E-state index contributed by atoms with van der Waals surface area (Å²) in [5, 5.41) is 0. The van der Waals surface area contributed by atoms with E-state index in [0.717, 1.165) is 32.1 Å². The Morgan fingerprint density at radius 1 is 0.818 bits per heavy atom. The highest BCUT2D eigenvalue weighted by molar-refractivity contribution is 9.13. The lowest BCUT2D eigenvalue weighted by atomic mass is 10.1. The second-order valence-electron chi connectivity index (χ2n) is 5.84. The first-order chi connectivity index (χ1) is 10.7. The monoisotopic (exact) mass is 426 g/mol. The van der Waals surface area contributed by atoms with Crippen LogP contribution in [0.2, 0.25) is 0 Å². The normalized spacial score (nSPS) is 11.2. The highest BCUT2D eigenvalue weighted by Gasteiger charge is 2.04. The van der Waals surface area contributed by atoms with Crippen LogP contribution < -0.4 is 0 Å². The maximum Gasteiger partial charge on any atom is 0.0902 e. The Hall–Kier alpha value is -0.480. The summed E-state index contributed by atoms with van der Waals surface area (Å²) < 4.78 is 2.05. The van der Waals surface area contributed by atoms with Gasteiger partial charge in [-0.1, -0.05) is 51.9 Å².